The Morgan fingerprint density at radius 1 is 1.27 bits per heavy atom. The summed E-state index contributed by atoms with van der Waals surface area (Å²) in [7, 11) is 0. The molecule has 2 rings (SSSR count). The molecule has 0 aromatic carbocycles. The van der Waals surface area contributed by atoms with Crippen molar-refractivity contribution in [1.29, 1.82) is 0 Å². The van der Waals surface area contributed by atoms with E-state index in [0.29, 0.717) is 0 Å². The first-order valence-corrected chi connectivity index (χ1v) is 4.86. The molecule has 5 heteroatoms. The summed E-state index contributed by atoms with van der Waals surface area (Å²) in [6, 6.07) is 2.80. The molecule has 1 aliphatic rings. The Morgan fingerprint density at radius 2 is 2.00 bits per heavy atom. The van der Waals surface area contributed by atoms with Crippen molar-refractivity contribution in [1.82, 2.24) is 0 Å². The maximum atomic E-state index is 14.0. The molecule has 0 N–H and O–H groups in total. The second-order valence-electron chi connectivity index (χ2n) is 2.93. The van der Waals surface area contributed by atoms with E-state index in [1.54, 1.807) is 0 Å². The molecule has 1 aliphatic carbocycles. The lowest BCUT2D eigenvalue weighted by molar-refractivity contribution is 0.210. The van der Waals surface area contributed by atoms with Crippen LogP contribution >= 0.6 is 11.3 Å². The predicted octanol–water partition coefficient (Wildman–Crippen LogP) is 3.94. The normalized spacial score (nSPS) is 26.8. The molecule has 0 saturated carbocycles. The van der Waals surface area contributed by atoms with Crippen LogP contribution in [0.3, 0.4) is 0 Å². The first-order valence-electron chi connectivity index (χ1n) is 3.98. The highest BCUT2D eigenvalue weighted by Gasteiger charge is 2.44. The summed E-state index contributed by atoms with van der Waals surface area (Å²) in [5, 5.41) is 1.52. The van der Waals surface area contributed by atoms with E-state index in [4.69, 9.17) is 0 Å². The van der Waals surface area contributed by atoms with Gasteiger partial charge in [0.2, 0.25) is 5.67 Å². The maximum Gasteiger partial charge on any atom is 0.206 e. The summed E-state index contributed by atoms with van der Waals surface area (Å²) in [5.41, 5.74) is -2.73. The van der Waals surface area contributed by atoms with Crippen LogP contribution in [-0.4, -0.2) is 0 Å². The van der Waals surface area contributed by atoms with Gasteiger partial charge in [0, 0.05) is 4.88 Å². The van der Waals surface area contributed by atoms with Gasteiger partial charge in [-0.3, -0.25) is 0 Å². The Balaban J connectivity index is 2.46. The first-order chi connectivity index (χ1) is 7.04. The van der Waals surface area contributed by atoms with Gasteiger partial charge >= 0.3 is 0 Å². The lowest BCUT2D eigenvalue weighted by Gasteiger charge is -2.23. The highest BCUT2D eigenvalue weighted by atomic mass is 32.1. The summed E-state index contributed by atoms with van der Waals surface area (Å²) in [6.07, 6.45) is 1.67. The molecule has 1 aromatic heterocycles. The number of halogens is 4. The molecular formula is C10H4F4S. The zero-order valence-electron chi connectivity index (χ0n) is 7.23. The molecule has 0 spiro atoms. The van der Waals surface area contributed by atoms with Crippen LogP contribution in [-0.2, 0) is 5.67 Å². The van der Waals surface area contributed by atoms with E-state index in [1.807, 2.05) is 0 Å². The minimum atomic E-state index is -2.73. The predicted molar refractivity (Wildman–Crippen MR) is 48.5 cm³/mol. The van der Waals surface area contributed by atoms with Gasteiger partial charge in [0.15, 0.2) is 11.7 Å². The number of hydrogen-bond acceptors (Lipinski definition) is 1. The van der Waals surface area contributed by atoms with Crippen LogP contribution in [0.25, 0.3) is 0 Å². The minimum Gasteiger partial charge on any atom is -0.229 e. The van der Waals surface area contributed by atoms with Gasteiger partial charge in [0.25, 0.3) is 0 Å². The quantitative estimate of drug-likeness (QED) is 0.643. The zero-order valence-corrected chi connectivity index (χ0v) is 8.05. The largest absolute Gasteiger partial charge is 0.229 e. The van der Waals surface area contributed by atoms with Crippen molar-refractivity contribution >= 4 is 11.3 Å². The van der Waals surface area contributed by atoms with Crippen molar-refractivity contribution < 1.29 is 17.6 Å². The van der Waals surface area contributed by atoms with Crippen LogP contribution in [0.4, 0.5) is 17.6 Å². The Labute approximate surface area is 87.5 Å². The molecule has 15 heavy (non-hydrogen) atoms. The van der Waals surface area contributed by atoms with Gasteiger partial charge in [-0.2, -0.15) is 0 Å². The van der Waals surface area contributed by atoms with E-state index in [2.05, 4.69) is 0 Å². The Kier molecular flexibility index (Phi) is 2.42. The summed E-state index contributed by atoms with van der Waals surface area (Å²) >= 11 is 0.917. The summed E-state index contributed by atoms with van der Waals surface area (Å²) in [5.74, 6) is -4.42. The van der Waals surface area contributed by atoms with Crippen LogP contribution in [0, 0.1) is 12.5 Å². The molecule has 0 bridgehead atoms. The van der Waals surface area contributed by atoms with Crippen LogP contribution < -0.4 is 0 Å². The SMILES string of the molecule is FC1=[C]C(F)=C(F)[CH]C1(F)c1cccs1. The van der Waals surface area contributed by atoms with E-state index >= 15 is 0 Å². The molecule has 0 nitrogen and oxygen atoms in total. The summed E-state index contributed by atoms with van der Waals surface area (Å²) in [4.78, 5) is -0.0462. The summed E-state index contributed by atoms with van der Waals surface area (Å²) < 4.78 is 52.5. The Morgan fingerprint density at radius 3 is 2.60 bits per heavy atom. The van der Waals surface area contributed by atoms with Gasteiger partial charge < -0.3 is 0 Å². The van der Waals surface area contributed by atoms with Crippen LogP contribution in [0.15, 0.2) is 35.0 Å². The van der Waals surface area contributed by atoms with Gasteiger partial charge in [-0.15, -0.1) is 11.3 Å². The van der Waals surface area contributed by atoms with Crippen molar-refractivity contribution in [2.24, 2.45) is 0 Å². The molecular weight excluding hydrogens is 228 g/mol. The average molecular weight is 232 g/mol. The van der Waals surface area contributed by atoms with E-state index in [0.717, 1.165) is 11.3 Å². The number of rotatable bonds is 1. The Bertz CT molecular complexity index is 432. The zero-order chi connectivity index (χ0) is 11.1. The highest BCUT2D eigenvalue weighted by Crippen LogP contribution is 2.45. The number of allylic oxidation sites excluding steroid dienone is 4. The van der Waals surface area contributed by atoms with E-state index in [9.17, 15) is 17.6 Å². The molecule has 1 atom stereocenters. The van der Waals surface area contributed by atoms with Crippen molar-refractivity contribution in [3.8, 4) is 0 Å². The number of thiophene rings is 1. The smallest absolute Gasteiger partial charge is 0.206 e. The van der Waals surface area contributed by atoms with Gasteiger partial charge in [-0.25, -0.2) is 17.6 Å². The monoisotopic (exact) mass is 232 g/mol. The molecule has 1 unspecified atom stereocenters. The minimum absolute atomic E-state index is 0.0462. The van der Waals surface area contributed by atoms with E-state index < -0.39 is 23.1 Å². The third-order valence-corrected chi connectivity index (χ3v) is 2.93. The molecule has 78 valence electrons. The molecule has 0 amide bonds. The fourth-order valence-corrected chi connectivity index (χ4v) is 1.99. The van der Waals surface area contributed by atoms with Crippen LogP contribution in [0.5, 0.6) is 0 Å². The van der Waals surface area contributed by atoms with Crippen molar-refractivity contribution in [2.75, 3.05) is 0 Å². The lowest BCUT2D eigenvalue weighted by Crippen LogP contribution is -2.24. The third-order valence-electron chi connectivity index (χ3n) is 1.95. The van der Waals surface area contributed by atoms with E-state index in [-0.39, 0.29) is 11.3 Å². The first kappa shape index (κ1) is 10.4. The fourth-order valence-electron chi connectivity index (χ4n) is 1.21. The topological polar surface area (TPSA) is 0 Å². The van der Waals surface area contributed by atoms with Gasteiger partial charge in [0.05, 0.1) is 12.5 Å². The standard InChI is InChI=1S/C10H4F4S/c11-6-4-8(13)10(14,5-7(6)12)9-2-1-3-15-9/h1-3,5H. The summed E-state index contributed by atoms with van der Waals surface area (Å²) in [6.45, 7) is 0. The number of hydrogen-bond donors (Lipinski definition) is 0. The van der Waals surface area contributed by atoms with Gasteiger partial charge in [-0.1, -0.05) is 6.07 Å². The fraction of sp³-hybridized carbons (Fsp3) is 0.100. The molecule has 0 aliphatic heterocycles. The molecule has 2 radical (unpaired) electrons. The second-order valence-corrected chi connectivity index (χ2v) is 3.88. The number of alkyl halides is 1. The second kappa shape index (κ2) is 3.48. The third kappa shape index (κ3) is 1.61. The highest BCUT2D eigenvalue weighted by molar-refractivity contribution is 7.10. The molecule has 1 heterocycles. The molecule has 1 aromatic rings. The van der Waals surface area contributed by atoms with E-state index in [1.165, 1.54) is 23.6 Å². The van der Waals surface area contributed by atoms with Gasteiger partial charge in [-0.05, 0) is 11.4 Å². The van der Waals surface area contributed by atoms with Crippen LogP contribution in [0.2, 0.25) is 0 Å². The maximum absolute atomic E-state index is 14.0. The lowest BCUT2D eigenvalue weighted by atomic mass is 9.93. The molecule has 0 saturated heterocycles. The van der Waals surface area contributed by atoms with Crippen molar-refractivity contribution in [3.63, 3.8) is 0 Å². The van der Waals surface area contributed by atoms with Gasteiger partial charge in [0.1, 0.15) is 5.83 Å². The average Bonchev–Trinajstić information content (AvgIpc) is 2.68. The Hall–Kier alpha value is -1.10. The van der Waals surface area contributed by atoms with Crippen molar-refractivity contribution in [3.05, 3.63) is 52.4 Å². The van der Waals surface area contributed by atoms with Crippen molar-refractivity contribution in [2.45, 2.75) is 5.67 Å². The van der Waals surface area contributed by atoms with Crippen LogP contribution in [0.1, 0.15) is 4.88 Å². The molecule has 0 fully saturated rings.